The molecule has 1 N–H and O–H groups in total. The van der Waals surface area contributed by atoms with Crippen LogP contribution in [0.4, 0.5) is 13.2 Å². The third-order valence-corrected chi connectivity index (χ3v) is 1.70. The standard InChI is InChI=1S/C4H5F3O2S/c1-10-2(3(8)9)4(5,6)7/h2H,1H3,(H,8,9). The fourth-order valence-corrected chi connectivity index (χ4v) is 0.843. The van der Waals surface area contributed by atoms with E-state index in [0.717, 1.165) is 6.26 Å². The summed E-state index contributed by atoms with van der Waals surface area (Å²) in [5.74, 6) is -1.85. The van der Waals surface area contributed by atoms with E-state index in [4.69, 9.17) is 5.11 Å². The fourth-order valence-electron chi connectivity index (χ4n) is 0.374. The first-order valence-electron chi connectivity index (χ1n) is 2.22. The molecule has 0 aromatic rings. The molecule has 0 radical (unpaired) electrons. The number of hydrogen-bond donors (Lipinski definition) is 1. The number of alkyl halides is 3. The Labute approximate surface area is 59.4 Å². The molecule has 1 unspecified atom stereocenters. The lowest BCUT2D eigenvalue weighted by Gasteiger charge is -2.12. The number of aliphatic carboxylic acids is 1. The zero-order valence-electron chi connectivity index (χ0n) is 4.97. The number of halogens is 3. The molecule has 60 valence electrons. The second kappa shape index (κ2) is 3.14. The Balaban J connectivity index is 4.22. The van der Waals surface area contributed by atoms with E-state index in [1.807, 2.05) is 0 Å². The molecule has 0 fully saturated rings. The molecule has 0 heterocycles. The van der Waals surface area contributed by atoms with Crippen molar-refractivity contribution in [2.24, 2.45) is 0 Å². The summed E-state index contributed by atoms with van der Waals surface area (Å²) in [6.45, 7) is 0. The molecular weight excluding hydrogens is 169 g/mol. The summed E-state index contributed by atoms with van der Waals surface area (Å²) >= 11 is 0.260. The van der Waals surface area contributed by atoms with Crippen LogP contribution in [0.1, 0.15) is 0 Å². The average Bonchev–Trinajstić information content (AvgIpc) is 1.60. The second-order valence-electron chi connectivity index (χ2n) is 1.50. The summed E-state index contributed by atoms with van der Waals surface area (Å²) in [7, 11) is 0. The van der Waals surface area contributed by atoms with Gasteiger partial charge in [-0.1, -0.05) is 0 Å². The van der Waals surface area contributed by atoms with Crippen molar-refractivity contribution in [3.05, 3.63) is 0 Å². The van der Waals surface area contributed by atoms with Crippen molar-refractivity contribution in [1.29, 1.82) is 0 Å². The Hall–Kier alpha value is -0.390. The number of hydrogen-bond acceptors (Lipinski definition) is 2. The van der Waals surface area contributed by atoms with Crippen molar-refractivity contribution in [1.82, 2.24) is 0 Å². The van der Waals surface area contributed by atoms with Crippen LogP contribution >= 0.6 is 11.8 Å². The van der Waals surface area contributed by atoms with Crippen LogP contribution in [0.25, 0.3) is 0 Å². The topological polar surface area (TPSA) is 37.3 Å². The monoisotopic (exact) mass is 174 g/mol. The van der Waals surface area contributed by atoms with Gasteiger partial charge in [-0.2, -0.15) is 13.2 Å². The van der Waals surface area contributed by atoms with Crippen molar-refractivity contribution in [3.63, 3.8) is 0 Å². The molecule has 10 heavy (non-hydrogen) atoms. The molecule has 0 aromatic heterocycles. The first-order valence-corrected chi connectivity index (χ1v) is 3.50. The first-order chi connectivity index (χ1) is 4.39. The molecule has 1 atom stereocenters. The van der Waals surface area contributed by atoms with Gasteiger partial charge in [0.15, 0.2) is 5.25 Å². The van der Waals surface area contributed by atoms with Gasteiger partial charge in [0.25, 0.3) is 0 Å². The minimum absolute atomic E-state index is 0.260. The molecule has 0 saturated carbocycles. The highest BCUT2D eigenvalue weighted by Crippen LogP contribution is 2.28. The van der Waals surface area contributed by atoms with Crippen molar-refractivity contribution >= 4 is 17.7 Å². The molecule has 0 saturated heterocycles. The molecule has 0 bridgehead atoms. The highest BCUT2D eigenvalue weighted by molar-refractivity contribution is 8.00. The van der Waals surface area contributed by atoms with Gasteiger partial charge in [0, 0.05) is 0 Å². The largest absolute Gasteiger partial charge is 0.480 e. The van der Waals surface area contributed by atoms with E-state index in [2.05, 4.69) is 0 Å². The lowest BCUT2D eigenvalue weighted by Crippen LogP contribution is -2.33. The predicted octanol–water partition coefficient (Wildman–Crippen LogP) is 1.36. The van der Waals surface area contributed by atoms with Crippen LogP contribution < -0.4 is 0 Å². The number of carboxylic acids is 1. The van der Waals surface area contributed by atoms with E-state index in [0.29, 0.717) is 0 Å². The Morgan fingerprint density at radius 1 is 1.60 bits per heavy atom. The maximum Gasteiger partial charge on any atom is 0.411 e. The maximum absolute atomic E-state index is 11.6. The van der Waals surface area contributed by atoms with E-state index in [1.165, 1.54) is 0 Å². The highest BCUT2D eigenvalue weighted by Gasteiger charge is 2.44. The highest BCUT2D eigenvalue weighted by atomic mass is 32.2. The Morgan fingerprint density at radius 2 is 2.00 bits per heavy atom. The van der Waals surface area contributed by atoms with Crippen LogP contribution in [0.2, 0.25) is 0 Å². The maximum atomic E-state index is 11.6. The van der Waals surface area contributed by atoms with E-state index in [9.17, 15) is 18.0 Å². The Morgan fingerprint density at radius 3 is 2.00 bits per heavy atom. The van der Waals surface area contributed by atoms with Crippen molar-refractivity contribution in [2.45, 2.75) is 11.4 Å². The minimum Gasteiger partial charge on any atom is -0.480 e. The Kier molecular flexibility index (Phi) is 3.01. The summed E-state index contributed by atoms with van der Waals surface area (Å²) in [5, 5.41) is 5.67. The van der Waals surface area contributed by atoms with Crippen LogP contribution in [0.15, 0.2) is 0 Å². The first kappa shape index (κ1) is 9.61. The summed E-state index contributed by atoms with van der Waals surface area (Å²) in [6.07, 6.45) is -3.54. The molecule has 6 heteroatoms. The predicted molar refractivity (Wildman–Crippen MR) is 31.0 cm³/mol. The van der Waals surface area contributed by atoms with E-state index in [1.54, 1.807) is 0 Å². The van der Waals surface area contributed by atoms with Gasteiger partial charge in [0.2, 0.25) is 0 Å². The van der Waals surface area contributed by atoms with Crippen LogP contribution in [-0.2, 0) is 4.79 Å². The zero-order chi connectivity index (χ0) is 8.36. The quantitative estimate of drug-likeness (QED) is 0.686. The SMILES string of the molecule is CSC(C(=O)O)C(F)(F)F. The molecule has 0 aliphatic heterocycles. The smallest absolute Gasteiger partial charge is 0.411 e. The summed E-state index contributed by atoms with van der Waals surface area (Å²) < 4.78 is 34.7. The second-order valence-corrected chi connectivity index (χ2v) is 2.44. The van der Waals surface area contributed by atoms with Crippen molar-refractivity contribution < 1.29 is 23.1 Å². The van der Waals surface area contributed by atoms with E-state index < -0.39 is 17.4 Å². The number of thioether (sulfide) groups is 1. The molecule has 2 nitrogen and oxygen atoms in total. The van der Waals surface area contributed by atoms with Gasteiger partial charge >= 0.3 is 12.1 Å². The van der Waals surface area contributed by atoms with Gasteiger partial charge in [-0.25, -0.2) is 0 Å². The van der Waals surface area contributed by atoms with Gasteiger partial charge in [-0.3, -0.25) is 4.79 Å². The van der Waals surface area contributed by atoms with Gasteiger partial charge in [-0.05, 0) is 6.26 Å². The third-order valence-electron chi connectivity index (χ3n) is 0.757. The summed E-state index contributed by atoms with van der Waals surface area (Å²) in [6, 6.07) is 0. The van der Waals surface area contributed by atoms with Crippen LogP contribution in [0.5, 0.6) is 0 Å². The van der Waals surface area contributed by atoms with Crippen LogP contribution in [0, 0.1) is 0 Å². The van der Waals surface area contributed by atoms with Gasteiger partial charge in [0.05, 0.1) is 0 Å². The molecule has 0 spiro atoms. The van der Waals surface area contributed by atoms with Crippen molar-refractivity contribution in [3.8, 4) is 0 Å². The molecule has 0 aromatic carbocycles. The summed E-state index contributed by atoms with van der Waals surface area (Å²) in [5.41, 5.74) is 0. The molecule has 0 rings (SSSR count). The van der Waals surface area contributed by atoms with Crippen LogP contribution in [-0.4, -0.2) is 28.8 Å². The number of rotatable bonds is 2. The van der Waals surface area contributed by atoms with E-state index in [-0.39, 0.29) is 11.8 Å². The van der Waals surface area contributed by atoms with Gasteiger partial charge in [0.1, 0.15) is 0 Å². The fraction of sp³-hybridized carbons (Fsp3) is 0.750. The third kappa shape index (κ3) is 2.47. The van der Waals surface area contributed by atoms with Gasteiger partial charge in [-0.15, -0.1) is 11.8 Å². The number of carboxylic acid groups (broad SMARTS) is 1. The Bertz CT molecular complexity index is 133. The average molecular weight is 174 g/mol. The lowest BCUT2D eigenvalue weighted by atomic mass is 10.4. The summed E-state index contributed by atoms with van der Waals surface area (Å²) in [4.78, 5) is 9.84. The van der Waals surface area contributed by atoms with Crippen LogP contribution in [0.3, 0.4) is 0 Å². The molecule has 0 amide bonds. The molecule has 0 aliphatic rings. The molecule has 0 aliphatic carbocycles. The van der Waals surface area contributed by atoms with Gasteiger partial charge < -0.3 is 5.11 Å². The normalized spacial score (nSPS) is 14.8. The van der Waals surface area contributed by atoms with E-state index >= 15 is 0 Å². The molecular formula is C4H5F3O2S. The van der Waals surface area contributed by atoms with Crippen molar-refractivity contribution in [2.75, 3.05) is 6.26 Å². The number of carbonyl (C=O) groups is 1. The minimum atomic E-state index is -4.65. The zero-order valence-corrected chi connectivity index (χ0v) is 5.79. The lowest BCUT2D eigenvalue weighted by molar-refractivity contribution is -0.162.